The first-order valence-corrected chi connectivity index (χ1v) is 12.6. The van der Waals surface area contributed by atoms with E-state index in [4.69, 9.17) is 4.74 Å². The molecule has 0 radical (unpaired) electrons. The van der Waals surface area contributed by atoms with Gasteiger partial charge in [0.25, 0.3) is 0 Å². The standard InChI is InChI=1S/C28H32N2O5/c31-26(30-14-6-5-11-25(30)27(32)33)16-18-12-13-19(15-18)29-28(34)35-17-24-22-9-3-1-7-20(22)21-8-2-4-10-23(21)24/h1-4,7-10,18-19,24-25H,5-6,11-17H2,(H,29,34)(H,32,33)/t18?,19?,25-/m1/s1. The number of amides is 2. The van der Waals surface area contributed by atoms with E-state index in [0.717, 1.165) is 25.7 Å². The van der Waals surface area contributed by atoms with Crippen molar-refractivity contribution >= 4 is 18.0 Å². The molecule has 2 N–H and O–H groups in total. The topological polar surface area (TPSA) is 95.9 Å². The second-order valence-corrected chi connectivity index (χ2v) is 9.99. The fraction of sp³-hybridized carbons (Fsp3) is 0.464. The van der Waals surface area contributed by atoms with Crippen LogP contribution in [0.25, 0.3) is 11.1 Å². The smallest absolute Gasteiger partial charge is 0.407 e. The van der Waals surface area contributed by atoms with E-state index < -0.39 is 18.1 Å². The van der Waals surface area contributed by atoms with E-state index in [1.807, 2.05) is 24.3 Å². The summed E-state index contributed by atoms with van der Waals surface area (Å²) in [6.45, 7) is 0.796. The summed E-state index contributed by atoms with van der Waals surface area (Å²) in [6, 6.07) is 15.8. The summed E-state index contributed by atoms with van der Waals surface area (Å²) in [7, 11) is 0. The lowest BCUT2D eigenvalue weighted by molar-refractivity contribution is -0.152. The van der Waals surface area contributed by atoms with Gasteiger partial charge in [-0.05, 0) is 66.7 Å². The van der Waals surface area contributed by atoms with Crippen molar-refractivity contribution in [2.24, 2.45) is 5.92 Å². The van der Waals surface area contributed by atoms with Crippen molar-refractivity contribution < 1.29 is 24.2 Å². The van der Waals surface area contributed by atoms with Gasteiger partial charge in [-0.1, -0.05) is 48.5 Å². The molecule has 2 fully saturated rings. The van der Waals surface area contributed by atoms with Crippen LogP contribution < -0.4 is 5.32 Å². The van der Waals surface area contributed by atoms with Crippen molar-refractivity contribution in [1.29, 1.82) is 0 Å². The number of piperidine rings is 1. The van der Waals surface area contributed by atoms with Gasteiger partial charge in [-0.2, -0.15) is 0 Å². The van der Waals surface area contributed by atoms with Gasteiger partial charge in [0.1, 0.15) is 12.6 Å². The van der Waals surface area contributed by atoms with E-state index in [0.29, 0.717) is 25.8 Å². The van der Waals surface area contributed by atoms with Gasteiger partial charge >= 0.3 is 12.1 Å². The van der Waals surface area contributed by atoms with Crippen molar-refractivity contribution in [3.8, 4) is 11.1 Å². The maximum absolute atomic E-state index is 12.8. The highest BCUT2D eigenvalue weighted by Crippen LogP contribution is 2.44. The van der Waals surface area contributed by atoms with Gasteiger partial charge in [-0.25, -0.2) is 9.59 Å². The molecule has 1 saturated heterocycles. The van der Waals surface area contributed by atoms with Gasteiger partial charge in [0.05, 0.1) is 0 Å². The van der Waals surface area contributed by atoms with Crippen LogP contribution in [0.2, 0.25) is 0 Å². The molecule has 2 aromatic rings. The highest BCUT2D eigenvalue weighted by atomic mass is 16.5. The van der Waals surface area contributed by atoms with Crippen LogP contribution >= 0.6 is 0 Å². The molecular weight excluding hydrogens is 444 g/mol. The summed E-state index contributed by atoms with van der Waals surface area (Å²) >= 11 is 0. The maximum atomic E-state index is 12.8. The van der Waals surface area contributed by atoms with Crippen LogP contribution in [-0.2, 0) is 14.3 Å². The molecule has 2 aromatic carbocycles. The first-order chi connectivity index (χ1) is 17.0. The number of nitrogens with one attached hydrogen (secondary N) is 1. The van der Waals surface area contributed by atoms with E-state index in [-0.39, 0.29) is 30.4 Å². The first kappa shape index (κ1) is 23.4. The zero-order valence-corrected chi connectivity index (χ0v) is 19.8. The molecule has 2 amide bonds. The van der Waals surface area contributed by atoms with Crippen LogP contribution in [0.15, 0.2) is 48.5 Å². The highest BCUT2D eigenvalue weighted by molar-refractivity contribution is 5.84. The number of carbonyl (C=O) groups excluding carboxylic acids is 2. The van der Waals surface area contributed by atoms with Crippen molar-refractivity contribution in [1.82, 2.24) is 10.2 Å². The lowest BCUT2D eigenvalue weighted by atomic mass is 9.98. The Bertz CT molecular complexity index is 1070. The molecule has 184 valence electrons. The molecule has 5 rings (SSSR count). The summed E-state index contributed by atoms with van der Waals surface area (Å²) in [6.07, 6.45) is 4.48. The van der Waals surface area contributed by atoms with E-state index >= 15 is 0 Å². The summed E-state index contributed by atoms with van der Waals surface area (Å²) < 4.78 is 5.66. The van der Waals surface area contributed by atoms with Crippen LogP contribution in [-0.4, -0.2) is 53.2 Å². The molecule has 0 aromatic heterocycles. The summed E-state index contributed by atoms with van der Waals surface area (Å²) in [4.78, 5) is 38.5. The lowest BCUT2D eigenvalue weighted by Crippen LogP contribution is -2.48. The number of benzene rings is 2. The normalized spacial score (nSPS) is 23.4. The van der Waals surface area contributed by atoms with E-state index in [2.05, 4.69) is 29.6 Å². The van der Waals surface area contributed by atoms with E-state index in [9.17, 15) is 19.5 Å². The molecule has 2 unspecified atom stereocenters. The third-order valence-corrected chi connectivity index (χ3v) is 7.78. The molecule has 0 bridgehead atoms. The molecule has 3 aliphatic rings. The van der Waals surface area contributed by atoms with Crippen molar-refractivity contribution in [3.05, 3.63) is 59.7 Å². The molecule has 3 atom stereocenters. The van der Waals surface area contributed by atoms with Gasteiger partial charge in [0, 0.05) is 24.9 Å². The fourth-order valence-electron chi connectivity index (χ4n) is 6.05. The quantitative estimate of drug-likeness (QED) is 0.638. The van der Waals surface area contributed by atoms with Crippen LogP contribution in [0.4, 0.5) is 4.79 Å². The van der Waals surface area contributed by atoms with Gasteiger partial charge in [0.2, 0.25) is 5.91 Å². The minimum Gasteiger partial charge on any atom is -0.480 e. The highest BCUT2D eigenvalue weighted by Gasteiger charge is 2.35. The molecule has 35 heavy (non-hydrogen) atoms. The largest absolute Gasteiger partial charge is 0.480 e. The number of nitrogens with zero attached hydrogens (tertiary/aromatic N) is 1. The van der Waals surface area contributed by atoms with Gasteiger partial charge < -0.3 is 20.1 Å². The third kappa shape index (κ3) is 4.90. The van der Waals surface area contributed by atoms with Crippen molar-refractivity contribution in [2.75, 3.05) is 13.2 Å². The van der Waals surface area contributed by atoms with Gasteiger partial charge in [-0.3, -0.25) is 4.79 Å². The lowest BCUT2D eigenvalue weighted by Gasteiger charge is -2.33. The number of ether oxygens (including phenoxy) is 1. The Labute approximate surface area is 205 Å². The monoisotopic (exact) mass is 476 g/mol. The van der Waals surface area contributed by atoms with Crippen LogP contribution in [0.5, 0.6) is 0 Å². The number of hydrogen-bond donors (Lipinski definition) is 2. The second kappa shape index (κ2) is 10.1. The van der Waals surface area contributed by atoms with Crippen LogP contribution in [0.1, 0.15) is 62.0 Å². The number of aliphatic carboxylic acids is 1. The molecular formula is C28H32N2O5. The summed E-state index contributed by atoms with van der Waals surface area (Å²) in [5.74, 6) is -0.824. The average molecular weight is 477 g/mol. The number of carboxylic acid groups (broad SMARTS) is 1. The molecule has 1 aliphatic heterocycles. The Morgan fingerprint density at radius 2 is 1.63 bits per heavy atom. The molecule has 0 spiro atoms. The molecule has 2 aliphatic carbocycles. The Balaban J connectivity index is 1.12. The zero-order chi connectivity index (χ0) is 24.4. The average Bonchev–Trinajstić information content (AvgIpc) is 3.44. The van der Waals surface area contributed by atoms with Gasteiger partial charge in [-0.15, -0.1) is 0 Å². The van der Waals surface area contributed by atoms with Crippen LogP contribution in [0.3, 0.4) is 0 Å². The number of likely N-dealkylation sites (tertiary alicyclic amines) is 1. The molecule has 1 saturated carbocycles. The fourth-order valence-corrected chi connectivity index (χ4v) is 6.05. The Morgan fingerprint density at radius 1 is 0.943 bits per heavy atom. The molecule has 7 nitrogen and oxygen atoms in total. The molecule has 1 heterocycles. The number of hydrogen-bond acceptors (Lipinski definition) is 4. The van der Waals surface area contributed by atoms with Crippen LogP contribution in [0, 0.1) is 5.92 Å². The SMILES string of the molecule is O=C(NC1CCC(CC(=O)N2CCCC[C@@H]2C(=O)O)C1)OCC1c2ccccc2-c2ccccc21. The van der Waals surface area contributed by atoms with Crippen molar-refractivity contribution in [2.45, 2.75) is 62.9 Å². The third-order valence-electron chi connectivity index (χ3n) is 7.78. The Morgan fingerprint density at radius 3 is 2.31 bits per heavy atom. The minimum atomic E-state index is -0.917. The number of alkyl carbamates (subject to hydrolysis) is 1. The predicted octanol–water partition coefficient (Wildman–Crippen LogP) is 4.55. The summed E-state index contributed by atoms with van der Waals surface area (Å²) in [5.41, 5.74) is 4.75. The van der Waals surface area contributed by atoms with E-state index in [1.165, 1.54) is 27.2 Å². The van der Waals surface area contributed by atoms with Crippen molar-refractivity contribution in [3.63, 3.8) is 0 Å². The number of carboxylic acids is 1. The number of rotatable bonds is 6. The Kier molecular flexibility index (Phi) is 6.75. The van der Waals surface area contributed by atoms with Gasteiger partial charge in [0.15, 0.2) is 0 Å². The minimum absolute atomic E-state index is 0.0221. The van der Waals surface area contributed by atoms with E-state index in [1.54, 1.807) is 0 Å². The predicted molar refractivity (Wildman–Crippen MR) is 131 cm³/mol. The number of carbonyl (C=O) groups is 3. The first-order valence-electron chi connectivity index (χ1n) is 12.6. The number of fused-ring (bicyclic) bond motifs is 3. The molecule has 7 heteroatoms. The summed E-state index contributed by atoms with van der Waals surface area (Å²) in [5, 5.41) is 12.4. The maximum Gasteiger partial charge on any atom is 0.407 e. The zero-order valence-electron chi connectivity index (χ0n) is 19.8. The Hall–Kier alpha value is -3.35. The second-order valence-electron chi connectivity index (χ2n) is 9.99.